The fraction of sp³-hybridized carbons (Fsp3) is 0.160. The van der Waals surface area contributed by atoms with Crippen molar-refractivity contribution in [2.24, 2.45) is 0 Å². The second-order valence-corrected chi connectivity index (χ2v) is 7.79. The molecule has 7 nitrogen and oxygen atoms in total. The number of para-hydroxylation sites is 1. The maximum atomic E-state index is 13.5. The van der Waals surface area contributed by atoms with E-state index in [1.807, 2.05) is 23.1 Å². The monoisotopic (exact) mass is 427 g/mol. The molecule has 5 rings (SSSR count). The van der Waals surface area contributed by atoms with E-state index in [-0.39, 0.29) is 17.6 Å². The van der Waals surface area contributed by atoms with Crippen molar-refractivity contribution in [1.82, 2.24) is 9.88 Å². The molecule has 32 heavy (non-hydrogen) atoms. The quantitative estimate of drug-likeness (QED) is 0.372. The Morgan fingerprint density at radius 3 is 2.47 bits per heavy atom. The number of hydrogen-bond donors (Lipinski definition) is 1. The first-order chi connectivity index (χ1) is 15.6. The van der Waals surface area contributed by atoms with Gasteiger partial charge in [0.15, 0.2) is 0 Å². The van der Waals surface area contributed by atoms with Gasteiger partial charge in [-0.2, -0.15) is 0 Å². The number of ether oxygens (including phenoxy) is 1. The van der Waals surface area contributed by atoms with Gasteiger partial charge in [-0.05, 0) is 60.0 Å². The zero-order valence-corrected chi connectivity index (χ0v) is 17.4. The lowest BCUT2D eigenvalue weighted by atomic mass is 9.91. The highest BCUT2D eigenvalue weighted by atomic mass is 16.6. The predicted molar refractivity (Wildman–Crippen MR) is 121 cm³/mol. The van der Waals surface area contributed by atoms with Gasteiger partial charge in [0.05, 0.1) is 18.1 Å². The molecule has 1 N–H and O–H groups in total. The first-order valence-corrected chi connectivity index (χ1v) is 10.4. The summed E-state index contributed by atoms with van der Waals surface area (Å²) in [7, 11) is 1.59. The van der Waals surface area contributed by atoms with Crippen LogP contribution in [0, 0.1) is 10.1 Å². The molecule has 0 saturated heterocycles. The predicted octanol–water partition coefficient (Wildman–Crippen LogP) is 4.87. The molecule has 0 radical (unpaired) electrons. The molecule has 1 aliphatic rings. The lowest BCUT2D eigenvalue weighted by Crippen LogP contribution is -2.40. The van der Waals surface area contributed by atoms with Gasteiger partial charge in [0.25, 0.3) is 11.6 Å². The van der Waals surface area contributed by atoms with Crippen LogP contribution in [-0.4, -0.2) is 34.4 Å². The fourth-order valence-electron chi connectivity index (χ4n) is 4.48. The minimum absolute atomic E-state index is 0.0226. The second-order valence-electron chi connectivity index (χ2n) is 7.79. The number of nitrogens with zero attached hydrogens (tertiary/aromatic N) is 2. The number of aromatic nitrogens is 1. The standard InChI is InChI=1S/C25H21N3O4/c1-32-19-12-8-17(9-13-19)25(29)27-15-14-21-20-4-2-3-5-22(20)26-23(21)24(27)16-6-10-18(11-7-16)28(30)31/h2-13,24,26H,14-15H2,1H3/t24-/m0/s1. The van der Waals surface area contributed by atoms with Crippen LogP contribution < -0.4 is 4.74 Å². The Balaban J connectivity index is 1.62. The van der Waals surface area contributed by atoms with Crippen LogP contribution in [-0.2, 0) is 6.42 Å². The van der Waals surface area contributed by atoms with E-state index in [1.165, 1.54) is 17.7 Å². The van der Waals surface area contributed by atoms with Gasteiger partial charge in [0, 0.05) is 40.8 Å². The number of nitro benzene ring substituents is 1. The van der Waals surface area contributed by atoms with Crippen molar-refractivity contribution in [1.29, 1.82) is 0 Å². The highest BCUT2D eigenvalue weighted by molar-refractivity contribution is 5.95. The molecule has 0 bridgehead atoms. The summed E-state index contributed by atoms with van der Waals surface area (Å²) in [5.74, 6) is 0.588. The van der Waals surface area contributed by atoms with E-state index in [9.17, 15) is 14.9 Å². The van der Waals surface area contributed by atoms with E-state index >= 15 is 0 Å². The summed E-state index contributed by atoms with van der Waals surface area (Å²) >= 11 is 0. The first kappa shape index (κ1) is 19.8. The Kier molecular flexibility index (Phi) is 4.86. The first-order valence-electron chi connectivity index (χ1n) is 10.4. The van der Waals surface area contributed by atoms with Gasteiger partial charge in [-0.1, -0.05) is 18.2 Å². The summed E-state index contributed by atoms with van der Waals surface area (Å²) in [6.45, 7) is 0.543. The largest absolute Gasteiger partial charge is 0.497 e. The number of aromatic amines is 1. The number of carbonyl (C=O) groups is 1. The topological polar surface area (TPSA) is 88.5 Å². The van der Waals surface area contributed by atoms with Gasteiger partial charge in [-0.3, -0.25) is 14.9 Å². The van der Waals surface area contributed by atoms with Gasteiger partial charge in [-0.15, -0.1) is 0 Å². The number of fused-ring (bicyclic) bond motifs is 3. The van der Waals surface area contributed by atoms with Crippen molar-refractivity contribution in [3.8, 4) is 5.75 Å². The molecule has 3 aromatic carbocycles. The molecule has 0 saturated carbocycles. The highest BCUT2D eigenvalue weighted by Gasteiger charge is 2.35. The molecule has 0 unspecified atom stereocenters. The normalized spacial score (nSPS) is 15.4. The summed E-state index contributed by atoms with van der Waals surface area (Å²) in [4.78, 5) is 29.6. The number of amides is 1. The van der Waals surface area contributed by atoms with Crippen LogP contribution >= 0.6 is 0 Å². The Morgan fingerprint density at radius 1 is 1.06 bits per heavy atom. The molecule has 0 aliphatic carbocycles. The number of rotatable bonds is 4. The smallest absolute Gasteiger partial charge is 0.269 e. The maximum absolute atomic E-state index is 13.5. The summed E-state index contributed by atoms with van der Waals surface area (Å²) in [5, 5.41) is 12.3. The van der Waals surface area contributed by atoms with Gasteiger partial charge in [0.1, 0.15) is 5.75 Å². The number of hydrogen-bond acceptors (Lipinski definition) is 4. The molecule has 1 aromatic heterocycles. The third-order valence-electron chi connectivity index (χ3n) is 6.05. The lowest BCUT2D eigenvalue weighted by molar-refractivity contribution is -0.384. The van der Waals surface area contributed by atoms with Crippen LogP contribution in [0.3, 0.4) is 0 Å². The summed E-state index contributed by atoms with van der Waals surface area (Å²) in [6.07, 6.45) is 0.727. The molecule has 1 aliphatic heterocycles. The summed E-state index contributed by atoms with van der Waals surface area (Å²) < 4.78 is 5.21. The van der Waals surface area contributed by atoms with Gasteiger partial charge in [0.2, 0.25) is 0 Å². The SMILES string of the molecule is COc1ccc(C(=O)N2CCc3c([nH]c4ccccc34)[C@@H]2c2ccc([N+](=O)[O-])cc2)cc1. The Morgan fingerprint density at radius 2 is 1.78 bits per heavy atom. The van der Waals surface area contributed by atoms with Crippen molar-refractivity contribution in [2.45, 2.75) is 12.5 Å². The van der Waals surface area contributed by atoms with Crippen molar-refractivity contribution < 1.29 is 14.5 Å². The third kappa shape index (κ3) is 3.28. The van der Waals surface area contributed by atoms with Gasteiger partial charge < -0.3 is 14.6 Å². The number of carbonyl (C=O) groups excluding carboxylic acids is 1. The zero-order chi connectivity index (χ0) is 22.2. The van der Waals surface area contributed by atoms with E-state index in [0.717, 1.165) is 28.6 Å². The Labute approximate surface area is 184 Å². The minimum Gasteiger partial charge on any atom is -0.497 e. The highest BCUT2D eigenvalue weighted by Crippen LogP contribution is 2.39. The molecule has 1 atom stereocenters. The third-order valence-corrected chi connectivity index (χ3v) is 6.05. The zero-order valence-electron chi connectivity index (χ0n) is 17.4. The maximum Gasteiger partial charge on any atom is 0.269 e. The molecule has 2 heterocycles. The summed E-state index contributed by atoms with van der Waals surface area (Å²) in [5.41, 5.74) is 4.57. The number of nitro groups is 1. The number of non-ortho nitro benzene ring substituents is 1. The molecule has 7 heteroatoms. The molecule has 160 valence electrons. The number of benzene rings is 3. The van der Waals surface area contributed by atoms with E-state index < -0.39 is 4.92 Å². The van der Waals surface area contributed by atoms with Crippen molar-refractivity contribution in [3.05, 3.63) is 105 Å². The van der Waals surface area contributed by atoms with E-state index in [0.29, 0.717) is 17.9 Å². The van der Waals surface area contributed by atoms with Crippen LogP contribution in [0.2, 0.25) is 0 Å². The Bertz CT molecular complexity index is 1310. The van der Waals surface area contributed by atoms with E-state index in [2.05, 4.69) is 11.1 Å². The molecule has 4 aromatic rings. The van der Waals surface area contributed by atoms with Gasteiger partial charge >= 0.3 is 0 Å². The average Bonchev–Trinajstić information content (AvgIpc) is 3.22. The van der Waals surface area contributed by atoms with Crippen LogP contribution in [0.5, 0.6) is 5.75 Å². The van der Waals surface area contributed by atoms with E-state index in [4.69, 9.17) is 4.74 Å². The van der Waals surface area contributed by atoms with Crippen molar-refractivity contribution in [2.75, 3.05) is 13.7 Å². The number of H-pyrrole nitrogens is 1. The van der Waals surface area contributed by atoms with Crippen molar-refractivity contribution >= 4 is 22.5 Å². The number of methoxy groups -OCH3 is 1. The average molecular weight is 427 g/mol. The van der Waals surface area contributed by atoms with E-state index in [1.54, 1.807) is 43.5 Å². The molecular weight excluding hydrogens is 406 g/mol. The van der Waals surface area contributed by atoms with Crippen LogP contribution in [0.1, 0.15) is 33.2 Å². The molecule has 0 fully saturated rings. The Hall–Kier alpha value is -4.13. The van der Waals surface area contributed by atoms with Crippen LogP contribution in [0.15, 0.2) is 72.8 Å². The second kappa shape index (κ2) is 7.85. The van der Waals surface area contributed by atoms with Crippen LogP contribution in [0.25, 0.3) is 10.9 Å². The minimum atomic E-state index is -0.417. The van der Waals surface area contributed by atoms with Gasteiger partial charge in [-0.25, -0.2) is 0 Å². The molecule has 1 amide bonds. The van der Waals surface area contributed by atoms with Crippen molar-refractivity contribution in [3.63, 3.8) is 0 Å². The fourth-order valence-corrected chi connectivity index (χ4v) is 4.48. The molecular formula is C25H21N3O4. The summed E-state index contributed by atoms with van der Waals surface area (Å²) in [6, 6.07) is 21.2. The molecule has 0 spiro atoms. The lowest BCUT2D eigenvalue weighted by Gasteiger charge is -2.36. The van der Waals surface area contributed by atoms with Crippen LogP contribution in [0.4, 0.5) is 5.69 Å². The number of nitrogens with one attached hydrogen (secondary N) is 1.